The van der Waals surface area contributed by atoms with Crippen LogP contribution in [0.25, 0.3) is 0 Å². The highest BCUT2D eigenvalue weighted by atomic mass is 16.5. The molecule has 2 unspecified atom stereocenters. The van der Waals surface area contributed by atoms with E-state index < -0.39 is 0 Å². The minimum Gasteiger partial charge on any atom is -0.383 e. The number of rotatable bonds is 4. The fraction of sp³-hybridized carbons (Fsp3) is 1.00. The molecule has 0 bridgehead atoms. The van der Waals surface area contributed by atoms with Gasteiger partial charge in [-0.25, -0.2) is 0 Å². The lowest BCUT2D eigenvalue weighted by molar-refractivity contribution is 0.139. The van der Waals surface area contributed by atoms with Gasteiger partial charge in [-0.3, -0.25) is 0 Å². The molecule has 78 valence electrons. The molecule has 2 atom stereocenters. The summed E-state index contributed by atoms with van der Waals surface area (Å²) in [4.78, 5) is 0. The summed E-state index contributed by atoms with van der Waals surface area (Å²) in [6, 6.07) is 1.07. The van der Waals surface area contributed by atoms with E-state index in [2.05, 4.69) is 12.2 Å². The molecule has 0 aromatic rings. The predicted molar refractivity (Wildman–Crippen MR) is 52.9 cm³/mol. The van der Waals surface area contributed by atoms with Crippen LogP contribution >= 0.6 is 0 Å². The zero-order chi connectivity index (χ0) is 9.52. The van der Waals surface area contributed by atoms with Crippen molar-refractivity contribution in [3.8, 4) is 0 Å². The summed E-state index contributed by atoms with van der Waals surface area (Å²) in [5, 5.41) is 3.55. The fourth-order valence-electron chi connectivity index (χ4n) is 1.77. The Balaban J connectivity index is 2.17. The first-order valence-corrected chi connectivity index (χ1v) is 5.15. The van der Waals surface area contributed by atoms with Crippen LogP contribution in [0.5, 0.6) is 0 Å². The van der Waals surface area contributed by atoms with Crippen molar-refractivity contribution in [2.24, 2.45) is 0 Å². The Hall–Kier alpha value is -0.120. The van der Waals surface area contributed by atoms with Gasteiger partial charge in [0.15, 0.2) is 0 Å². The van der Waals surface area contributed by atoms with Crippen LogP contribution in [-0.4, -0.2) is 39.0 Å². The second-order valence-corrected chi connectivity index (χ2v) is 3.76. The van der Waals surface area contributed by atoms with Gasteiger partial charge in [-0.2, -0.15) is 0 Å². The maximum atomic E-state index is 5.39. The lowest BCUT2D eigenvalue weighted by Gasteiger charge is -2.20. The van der Waals surface area contributed by atoms with Crippen molar-refractivity contribution in [2.75, 3.05) is 26.9 Å². The molecule has 3 nitrogen and oxygen atoms in total. The van der Waals surface area contributed by atoms with Crippen molar-refractivity contribution in [3.05, 3.63) is 0 Å². The lowest BCUT2D eigenvalue weighted by Crippen LogP contribution is -2.39. The van der Waals surface area contributed by atoms with E-state index in [4.69, 9.17) is 9.47 Å². The molecule has 0 aromatic carbocycles. The molecule has 0 aliphatic carbocycles. The predicted octanol–water partition coefficient (Wildman–Crippen LogP) is 1.18. The summed E-state index contributed by atoms with van der Waals surface area (Å²) in [7, 11) is 1.74. The molecule has 1 aliphatic heterocycles. The van der Waals surface area contributed by atoms with E-state index >= 15 is 0 Å². The smallest absolute Gasteiger partial charge is 0.0613 e. The van der Waals surface area contributed by atoms with E-state index in [0.717, 1.165) is 26.2 Å². The Bertz CT molecular complexity index is 122. The first kappa shape index (κ1) is 11.0. The van der Waals surface area contributed by atoms with E-state index in [-0.39, 0.29) is 0 Å². The number of methoxy groups -OCH3 is 1. The van der Waals surface area contributed by atoms with Gasteiger partial charge in [0.25, 0.3) is 0 Å². The summed E-state index contributed by atoms with van der Waals surface area (Å²) >= 11 is 0. The Morgan fingerprint density at radius 3 is 3.08 bits per heavy atom. The van der Waals surface area contributed by atoms with Crippen LogP contribution in [0.1, 0.15) is 26.2 Å². The van der Waals surface area contributed by atoms with Crippen LogP contribution in [0, 0.1) is 0 Å². The van der Waals surface area contributed by atoms with Crippen molar-refractivity contribution in [2.45, 2.75) is 38.3 Å². The Kier molecular flexibility index (Phi) is 5.35. The zero-order valence-corrected chi connectivity index (χ0v) is 8.71. The zero-order valence-electron chi connectivity index (χ0n) is 8.71. The highest BCUT2D eigenvalue weighted by Gasteiger charge is 2.14. The van der Waals surface area contributed by atoms with Crippen LogP contribution in [0.2, 0.25) is 0 Å². The number of hydrogen-bond acceptors (Lipinski definition) is 3. The van der Waals surface area contributed by atoms with Gasteiger partial charge in [0.1, 0.15) is 0 Å². The monoisotopic (exact) mass is 187 g/mol. The molecule has 0 amide bonds. The van der Waals surface area contributed by atoms with Gasteiger partial charge in [-0.1, -0.05) is 0 Å². The molecular formula is C10H21NO2. The molecule has 3 heteroatoms. The van der Waals surface area contributed by atoms with Crippen molar-refractivity contribution in [1.82, 2.24) is 5.32 Å². The first-order chi connectivity index (χ1) is 6.33. The molecule has 0 saturated carbocycles. The van der Waals surface area contributed by atoms with Crippen LogP contribution in [0.15, 0.2) is 0 Å². The minimum absolute atomic E-state index is 0.452. The number of nitrogens with one attached hydrogen (secondary N) is 1. The van der Waals surface area contributed by atoms with Crippen LogP contribution in [-0.2, 0) is 9.47 Å². The summed E-state index contributed by atoms with van der Waals surface area (Å²) in [6.07, 6.45) is 3.54. The van der Waals surface area contributed by atoms with E-state index in [1.807, 2.05) is 0 Å². The standard InChI is InChI=1S/C10H21NO2/c1-9(8-12-2)11-10-4-3-6-13-7-5-10/h9-11H,3-8H2,1-2H3. The highest BCUT2D eigenvalue weighted by Crippen LogP contribution is 2.08. The Labute approximate surface area is 80.8 Å². The lowest BCUT2D eigenvalue weighted by atomic mass is 10.1. The second kappa shape index (κ2) is 6.35. The molecule has 13 heavy (non-hydrogen) atoms. The van der Waals surface area contributed by atoms with Crippen molar-refractivity contribution in [3.63, 3.8) is 0 Å². The third-order valence-corrected chi connectivity index (χ3v) is 2.39. The molecule has 1 saturated heterocycles. The maximum Gasteiger partial charge on any atom is 0.0613 e. The largest absolute Gasteiger partial charge is 0.383 e. The molecule has 1 aliphatic rings. The Morgan fingerprint density at radius 1 is 1.46 bits per heavy atom. The van der Waals surface area contributed by atoms with Crippen molar-refractivity contribution < 1.29 is 9.47 Å². The second-order valence-electron chi connectivity index (χ2n) is 3.76. The first-order valence-electron chi connectivity index (χ1n) is 5.15. The molecular weight excluding hydrogens is 166 g/mol. The molecule has 1 heterocycles. The van der Waals surface area contributed by atoms with Gasteiger partial charge < -0.3 is 14.8 Å². The summed E-state index contributed by atoms with van der Waals surface area (Å²) < 4.78 is 10.5. The molecule has 1 N–H and O–H groups in total. The van der Waals surface area contributed by atoms with Crippen LogP contribution in [0.4, 0.5) is 0 Å². The molecule has 1 rings (SSSR count). The average molecular weight is 187 g/mol. The third-order valence-electron chi connectivity index (χ3n) is 2.39. The summed E-state index contributed by atoms with van der Waals surface area (Å²) in [5.74, 6) is 0. The van der Waals surface area contributed by atoms with Gasteiger partial charge in [0, 0.05) is 32.4 Å². The van der Waals surface area contributed by atoms with Crippen molar-refractivity contribution in [1.29, 1.82) is 0 Å². The highest BCUT2D eigenvalue weighted by molar-refractivity contribution is 4.72. The van der Waals surface area contributed by atoms with Crippen LogP contribution in [0.3, 0.4) is 0 Å². The average Bonchev–Trinajstić information content (AvgIpc) is 2.33. The summed E-state index contributed by atoms with van der Waals surface area (Å²) in [6.45, 7) is 4.78. The number of ether oxygens (including phenoxy) is 2. The van der Waals surface area contributed by atoms with Gasteiger partial charge in [-0.15, -0.1) is 0 Å². The van der Waals surface area contributed by atoms with E-state index in [0.29, 0.717) is 12.1 Å². The third kappa shape index (κ3) is 4.60. The van der Waals surface area contributed by atoms with Gasteiger partial charge in [0.05, 0.1) is 6.61 Å². The number of hydrogen-bond donors (Lipinski definition) is 1. The van der Waals surface area contributed by atoms with Crippen molar-refractivity contribution >= 4 is 0 Å². The molecule has 0 radical (unpaired) electrons. The minimum atomic E-state index is 0.452. The van der Waals surface area contributed by atoms with Crippen LogP contribution < -0.4 is 5.32 Å². The Morgan fingerprint density at radius 2 is 2.31 bits per heavy atom. The SMILES string of the molecule is COCC(C)NC1CCCOCC1. The summed E-state index contributed by atoms with van der Waals surface area (Å²) in [5.41, 5.74) is 0. The normalized spacial score (nSPS) is 26.8. The fourth-order valence-corrected chi connectivity index (χ4v) is 1.77. The van der Waals surface area contributed by atoms with Gasteiger partial charge in [-0.05, 0) is 26.2 Å². The molecule has 0 spiro atoms. The molecule has 1 fully saturated rings. The van der Waals surface area contributed by atoms with E-state index in [9.17, 15) is 0 Å². The maximum absolute atomic E-state index is 5.39. The topological polar surface area (TPSA) is 30.5 Å². The van der Waals surface area contributed by atoms with E-state index in [1.54, 1.807) is 7.11 Å². The van der Waals surface area contributed by atoms with Gasteiger partial charge in [0.2, 0.25) is 0 Å². The van der Waals surface area contributed by atoms with E-state index in [1.165, 1.54) is 12.8 Å². The van der Waals surface area contributed by atoms with Gasteiger partial charge >= 0.3 is 0 Å². The molecule has 0 aromatic heterocycles. The quantitative estimate of drug-likeness (QED) is 0.717.